The summed E-state index contributed by atoms with van der Waals surface area (Å²) in [6, 6.07) is 2.11. The van der Waals surface area contributed by atoms with Crippen molar-refractivity contribution in [2.45, 2.75) is 13.8 Å². The zero-order chi connectivity index (χ0) is 10.4. The molecule has 0 aliphatic rings. The molecule has 13 heavy (non-hydrogen) atoms. The molecule has 0 radical (unpaired) electrons. The number of halogens is 1. The number of carbonyl (C=O) groups is 1. The molecule has 0 saturated carbocycles. The smallest absolute Gasteiger partial charge is 0.290 e. The number of hydrogen-bond donors (Lipinski definition) is 2. The molecule has 70 valence electrons. The second-order valence-electron chi connectivity index (χ2n) is 2.28. The van der Waals surface area contributed by atoms with Crippen LogP contribution >= 0.6 is 15.9 Å². The van der Waals surface area contributed by atoms with Gasteiger partial charge in [0, 0.05) is 11.4 Å². The molecule has 5 heteroatoms. The molecule has 0 bridgehead atoms. The number of nitrogens with one attached hydrogen (secondary N) is 1. The second kappa shape index (κ2) is 5.38. The second-order valence-corrected chi connectivity index (χ2v) is 3.07. The number of aromatic nitrogens is 1. The zero-order valence-electron chi connectivity index (χ0n) is 7.26. The molecule has 2 N–H and O–H groups in total. The maximum absolute atomic E-state index is 8.61. The van der Waals surface area contributed by atoms with Gasteiger partial charge in [-0.1, -0.05) is 0 Å². The van der Waals surface area contributed by atoms with Crippen LogP contribution < -0.4 is 0 Å². The Hall–Kier alpha value is -1.28. The van der Waals surface area contributed by atoms with E-state index < -0.39 is 0 Å². The number of nitriles is 1. The van der Waals surface area contributed by atoms with Gasteiger partial charge in [0.05, 0.1) is 10.0 Å². The van der Waals surface area contributed by atoms with Crippen LogP contribution in [0.1, 0.15) is 17.0 Å². The Labute approximate surface area is 84.3 Å². The van der Waals surface area contributed by atoms with Crippen LogP contribution in [0.2, 0.25) is 0 Å². The highest BCUT2D eigenvalue weighted by Gasteiger charge is 2.07. The number of rotatable bonds is 0. The van der Waals surface area contributed by atoms with Gasteiger partial charge >= 0.3 is 0 Å². The van der Waals surface area contributed by atoms with Crippen molar-refractivity contribution in [2.75, 3.05) is 0 Å². The SMILES string of the molecule is Cc1[nH]c(C)c(C#N)c1Br.O=CO. The molecule has 0 aliphatic heterocycles. The van der Waals surface area contributed by atoms with Crippen LogP contribution in [0.3, 0.4) is 0 Å². The Morgan fingerprint density at radius 2 is 2.00 bits per heavy atom. The molecule has 0 spiro atoms. The summed E-state index contributed by atoms with van der Waals surface area (Å²) in [6.07, 6.45) is 0. The van der Waals surface area contributed by atoms with Gasteiger partial charge in [0.2, 0.25) is 0 Å². The van der Waals surface area contributed by atoms with Crippen molar-refractivity contribution < 1.29 is 9.90 Å². The van der Waals surface area contributed by atoms with Crippen molar-refractivity contribution in [1.82, 2.24) is 4.98 Å². The van der Waals surface area contributed by atoms with E-state index in [-0.39, 0.29) is 6.47 Å². The van der Waals surface area contributed by atoms with E-state index in [1.807, 2.05) is 13.8 Å². The van der Waals surface area contributed by atoms with Crippen LogP contribution in [0.15, 0.2) is 4.47 Å². The summed E-state index contributed by atoms with van der Waals surface area (Å²) in [6.45, 7) is 3.56. The highest BCUT2D eigenvalue weighted by molar-refractivity contribution is 9.10. The van der Waals surface area contributed by atoms with Crippen molar-refractivity contribution >= 4 is 22.4 Å². The van der Waals surface area contributed by atoms with E-state index in [0.717, 1.165) is 15.9 Å². The largest absolute Gasteiger partial charge is 0.483 e. The molecule has 1 heterocycles. The maximum Gasteiger partial charge on any atom is 0.290 e. The van der Waals surface area contributed by atoms with Gasteiger partial charge < -0.3 is 10.1 Å². The van der Waals surface area contributed by atoms with E-state index in [9.17, 15) is 0 Å². The molecule has 0 aliphatic carbocycles. The van der Waals surface area contributed by atoms with Crippen molar-refractivity contribution in [3.05, 3.63) is 21.4 Å². The summed E-state index contributed by atoms with van der Waals surface area (Å²) in [5, 5.41) is 15.5. The first-order valence-corrected chi connectivity index (χ1v) is 4.20. The molecule has 0 atom stereocenters. The van der Waals surface area contributed by atoms with E-state index in [4.69, 9.17) is 15.2 Å². The summed E-state index contributed by atoms with van der Waals surface area (Å²) >= 11 is 3.31. The van der Waals surface area contributed by atoms with Gasteiger partial charge in [-0.3, -0.25) is 4.79 Å². The lowest BCUT2D eigenvalue weighted by Gasteiger charge is -1.83. The fourth-order valence-electron chi connectivity index (χ4n) is 0.884. The standard InChI is InChI=1S/C7H7BrN2.CH2O2/c1-4-6(3-9)7(8)5(2)10-4;2-1-3/h10H,1-2H3;1H,(H,2,3). The van der Waals surface area contributed by atoms with Gasteiger partial charge in [-0.2, -0.15) is 5.26 Å². The quantitative estimate of drug-likeness (QED) is 0.686. The molecule has 1 aromatic rings. The average Bonchev–Trinajstić information content (AvgIpc) is 2.28. The third-order valence-corrected chi connectivity index (χ3v) is 2.40. The minimum Gasteiger partial charge on any atom is -0.483 e. The van der Waals surface area contributed by atoms with Crippen LogP contribution in [-0.4, -0.2) is 16.6 Å². The summed E-state index contributed by atoms with van der Waals surface area (Å²) < 4.78 is 0.882. The summed E-state index contributed by atoms with van der Waals surface area (Å²) in [5.41, 5.74) is 2.64. The van der Waals surface area contributed by atoms with E-state index in [1.165, 1.54) is 0 Å². The van der Waals surface area contributed by atoms with Crippen LogP contribution in [0, 0.1) is 25.2 Å². The topological polar surface area (TPSA) is 76.9 Å². The molecule has 1 rings (SSSR count). The lowest BCUT2D eigenvalue weighted by molar-refractivity contribution is -0.122. The monoisotopic (exact) mass is 244 g/mol. The molecule has 4 nitrogen and oxygen atoms in total. The van der Waals surface area contributed by atoms with Gasteiger partial charge in [-0.05, 0) is 29.8 Å². The molecule has 1 aromatic heterocycles. The molecular weight excluding hydrogens is 236 g/mol. The third-order valence-electron chi connectivity index (χ3n) is 1.41. The number of aromatic amines is 1. The highest BCUT2D eigenvalue weighted by atomic mass is 79.9. The first kappa shape index (κ1) is 11.7. The third kappa shape index (κ3) is 2.92. The number of carboxylic acid groups (broad SMARTS) is 1. The Bertz CT molecular complexity index is 339. The molecular formula is C8H9BrN2O2. The first-order chi connectivity index (χ1) is 6.08. The van der Waals surface area contributed by atoms with Gasteiger partial charge in [-0.25, -0.2) is 0 Å². The van der Waals surface area contributed by atoms with E-state index in [1.54, 1.807) is 0 Å². The van der Waals surface area contributed by atoms with E-state index in [0.29, 0.717) is 5.56 Å². The van der Waals surface area contributed by atoms with E-state index in [2.05, 4.69) is 27.0 Å². The first-order valence-electron chi connectivity index (χ1n) is 3.41. The summed E-state index contributed by atoms with van der Waals surface area (Å²) in [4.78, 5) is 11.4. The van der Waals surface area contributed by atoms with Gasteiger partial charge in [0.25, 0.3) is 6.47 Å². The van der Waals surface area contributed by atoms with Crippen LogP contribution in [0.25, 0.3) is 0 Å². The summed E-state index contributed by atoms with van der Waals surface area (Å²) in [5.74, 6) is 0. The lowest BCUT2D eigenvalue weighted by atomic mass is 10.3. The Balaban J connectivity index is 0.000000424. The minimum atomic E-state index is -0.250. The number of nitrogens with zero attached hydrogens (tertiary/aromatic N) is 1. The molecule has 0 unspecified atom stereocenters. The van der Waals surface area contributed by atoms with Gasteiger partial charge in [-0.15, -0.1) is 0 Å². The fourth-order valence-corrected chi connectivity index (χ4v) is 1.37. The lowest BCUT2D eigenvalue weighted by Crippen LogP contribution is -1.73. The van der Waals surface area contributed by atoms with Crippen molar-refractivity contribution in [3.63, 3.8) is 0 Å². The van der Waals surface area contributed by atoms with Crippen molar-refractivity contribution in [3.8, 4) is 6.07 Å². The molecule has 0 amide bonds. The number of H-pyrrole nitrogens is 1. The Kier molecular flexibility index (Phi) is 4.85. The molecule has 0 aromatic carbocycles. The van der Waals surface area contributed by atoms with Gasteiger partial charge in [0.1, 0.15) is 6.07 Å². The van der Waals surface area contributed by atoms with E-state index >= 15 is 0 Å². The van der Waals surface area contributed by atoms with Crippen LogP contribution in [-0.2, 0) is 4.79 Å². The predicted octanol–water partition coefficient (Wildman–Crippen LogP) is 1.97. The maximum atomic E-state index is 8.61. The predicted molar refractivity (Wildman–Crippen MR) is 51.4 cm³/mol. The normalized spacial score (nSPS) is 8.15. The molecule has 0 fully saturated rings. The number of hydrogen-bond acceptors (Lipinski definition) is 2. The average molecular weight is 245 g/mol. The Morgan fingerprint density at radius 3 is 2.15 bits per heavy atom. The number of aryl methyl sites for hydroxylation is 2. The van der Waals surface area contributed by atoms with Crippen LogP contribution in [0.5, 0.6) is 0 Å². The van der Waals surface area contributed by atoms with Crippen molar-refractivity contribution in [1.29, 1.82) is 5.26 Å². The summed E-state index contributed by atoms with van der Waals surface area (Å²) in [7, 11) is 0. The fraction of sp³-hybridized carbons (Fsp3) is 0.250. The molecule has 0 saturated heterocycles. The van der Waals surface area contributed by atoms with Crippen molar-refractivity contribution in [2.24, 2.45) is 0 Å². The zero-order valence-corrected chi connectivity index (χ0v) is 8.84. The van der Waals surface area contributed by atoms with Gasteiger partial charge in [0.15, 0.2) is 0 Å². The Morgan fingerprint density at radius 1 is 1.54 bits per heavy atom. The van der Waals surface area contributed by atoms with Crippen LogP contribution in [0.4, 0.5) is 0 Å². The minimum absolute atomic E-state index is 0.250. The highest BCUT2D eigenvalue weighted by Crippen LogP contribution is 2.22.